The third-order valence-electron chi connectivity index (χ3n) is 7.19. The molecule has 0 unspecified atom stereocenters. The number of carbonyl (C=O) groups excluding carboxylic acids is 1. The average Bonchev–Trinajstić information content (AvgIpc) is 3.33. The van der Waals surface area contributed by atoms with Crippen molar-refractivity contribution in [2.24, 2.45) is 18.9 Å². The first-order chi connectivity index (χ1) is 14.6. The van der Waals surface area contributed by atoms with Crippen LogP contribution in [0.2, 0.25) is 0 Å². The van der Waals surface area contributed by atoms with Gasteiger partial charge in [-0.05, 0) is 30.7 Å². The number of aromatic nitrogens is 1. The predicted octanol–water partition coefficient (Wildman–Crippen LogP) is 2.20. The molecule has 1 amide bonds. The number of rotatable bonds is 4. The van der Waals surface area contributed by atoms with Crippen LogP contribution in [0, 0.1) is 11.8 Å². The molecular formula is C23H31N3O3S. The fourth-order valence-corrected chi connectivity index (χ4v) is 6.59. The lowest BCUT2D eigenvalue weighted by molar-refractivity contribution is -0.127. The van der Waals surface area contributed by atoms with Crippen LogP contribution in [0.15, 0.2) is 35.4 Å². The number of ether oxygens (including phenoxy) is 1. The van der Waals surface area contributed by atoms with Crippen molar-refractivity contribution in [1.82, 2.24) is 14.4 Å². The van der Waals surface area contributed by atoms with Gasteiger partial charge in [-0.1, -0.05) is 18.2 Å². The second kappa shape index (κ2) is 8.54. The highest BCUT2D eigenvalue weighted by atomic mass is 32.2. The van der Waals surface area contributed by atoms with Crippen LogP contribution in [0.5, 0.6) is 0 Å². The fraction of sp³-hybridized carbons (Fsp3) is 0.609. The maximum Gasteiger partial charge on any atom is 0.232 e. The molecule has 3 aliphatic rings. The molecule has 3 heterocycles. The normalized spacial score (nSPS) is 30.0. The Morgan fingerprint density at radius 2 is 1.90 bits per heavy atom. The number of para-hydroxylation sites is 1. The van der Waals surface area contributed by atoms with E-state index >= 15 is 0 Å². The molecular weight excluding hydrogens is 398 g/mol. The van der Waals surface area contributed by atoms with Gasteiger partial charge in [0, 0.05) is 61.3 Å². The van der Waals surface area contributed by atoms with E-state index in [1.54, 1.807) is 11.8 Å². The average molecular weight is 430 g/mol. The number of morpholine rings is 1. The molecule has 3 fully saturated rings. The Bertz CT molecular complexity index is 910. The smallest absolute Gasteiger partial charge is 0.232 e. The fourth-order valence-electron chi connectivity index (χ4n) is 5.56. The van der Waals surface area contributed by atoms with Crippen molar-refractivity contribution in [3.63, 3.8) is 0 Å². The van der Waals surface area contributed by atoms with Crippen molar-refractivity contribution in [3.8, 4) is 0 Å². The van der Waals surface area contributed by atoms with E-state index in [1.807, 2.05) is 11.0 Å². The van der Waals surface area contributed by atoms with Gasteiger partial charge in [-0.15, -0.1) is 11.8 Å². The van der Waals surface area contributed by atoms with Gasteiger partial charge < -0.3 is 19.3 Å². The standard InChI is InChI=1S/C23H31N3O3S/c1-24-14-22(18-4-2-3-5-19(18)24)30-15-23(28)26-12-16-10-20(21(27)11-17(16)13-26)25-6-8-29-9-7-25/h2-5,14,16-17,20-21,27H,6-13,15H2,1H3/t16-,17+,20-,21-/m1/s1. The second-order valence-electron chi connectivity index (χ2n) is 8.98. The molecule has 7 heteroatoms. The number of fused-ring (bicyclic) bond motifs is 2. The summed E-state index contributed by atoms with van der Waals surface area (Å²) in [4.78, 5) is 18.6. The van der Waals surface area contributed by atoms with Crippen molar-refractivity contribution in [1.29, 1.82) is 0 Å². The van der Waals surface area contributed by atoms with Crippen LogP contribution in [0.25, 0.3) is 10.9 Å². The zero-order chi connectivity index (χ0) is 20.7. The highest BCUT2D eigenvalue weighted by Crippen LogP contribution is 2.39. The summed E-state index contributed by atoms with van der Waals surface area (Å²) in [5, 5.41) is 12.0. The van der Waals surface area contributed by atoms with E-state index in [4.69, 9.17) is 4.74 Å². The summed E-state index contributed by atoms with van der Waals surface area (Å²) in [7, 11) is 2.05. The SMILES string of the molecule is Cn1cc(SCC(=O)N2C[C@H]3C[C@@H](N4CCOCC4)[C@H](O)C[C@H]3C2)c2ccccc21. The summed E-state index contributed by atoms with van der Waals surface area (Å²) in [6, 6.07) is 8.56. The first-order valence-corrected chi connectivity index (χ1v) is 12.0. The molecule has 2 saturated heterocycles. The van der Waals surface area contributed by atoms with Crippen LogP contribution < -0.4 is 0 Å². The molecule has 0 bridgehead atoms. The van der Waals surface area contributed by atoms with Crippen LogP contribution >= 0.6 is 11.8 Å². The summed E-state index contributed by atoms with van der Waals surface area (Å²) < 4.78 is 7.60. The lowest BCUT2D eigenvalue weighted by Crippen LogP contribution is -2.53. The Hall–Kier alpha value is -1.54. The van der Waals surface area contributed by atoms with Gasteiger partial charge in [-0.3, -0.25) is 9.69 Å². The zero-order valence-corrected chi connectivity index (χ0v) is 18.4. The van der Waals surface area contributed by atoms with Gasteiger partial charge in [-0.2, -0.15) is 0 Å². The molecule has 1 saturated carbocycles. The molecule has 6 nitrogen and oxygen atoms in total. The number of benzene rings is 1. The predicted molar refractivity (Wildman–Crippen MR) is 119 cm³/mol. The number of likely N-dealkylation sites (tertiary alicyclic amines) is 1. The molecule has 5 rings (SSSR count). The Kier molecular flexibility index (Phi) is 5.79. The van der Waals surface area contributed by atoms with Crippen molar-refractivity contribution in [2.75, 3.05) is 45.1 Å². The Morgan fingerprint density at radius 3 is 2.70 bits per heavy atom. The third-order valence-corrected chi connectivity index (χ3v) is 8.22. The second-order valence-corrected chi connectivity index (χ2v) is 10.0. The summed E-state index contributed by atoms with van der Waals surface area (Å²) in [6.45, 7) is 4.97. The van der Waals surface area contributed by atoms with E-state index in [2.05, 4.69) is 40.9 Å². The molecule has 0 radical (unpaired) electrons. The monoisotopic (exact) mass is 429 g/mol. The number of hydrogen-bond acceptors (Lipinski definition) is 5. The number of thioether (sulfide) groups is 1. The zero-order valence-electron chi connectivity index (χ0n) is 17.6. The van der Waals surface area contributed by atoms with Crippen LogP contribution in [-0.2, 0) is 16.6 Å². The number of hydrogen-bond donors (Lipinski definition) is 1. The topological polar surface area (TPSA) is 57.9 Å². The van der Waals surface area contributed by atoms with Gasteiger partial charge in [0.1, 0.15) is 0 Å². The van der Waals surface area contributed by atoms with E-state index in [-0.39, 0.29) is 18.1 Å². The van der Waals surface area contributed by atoms with Gasteiger partial charge in [-0.25, -0.2) is 0 Å². The molecule has 1 aromatic carbocycles. The first kappa shape index (κ1) is 20.4. The number of nitrogens with zero attached hydrogens (tertiary/aromatic N) is 3. The van der Waals surface area contributed by atoms with Gasteiger partial charge in [0.15, 0.2) is 0 Å². The van der Waals surface area contributed by atoms with E-state index in [1.165, 1.54) is 15.8 Å². The number of aliphatic hydroxyl groups is 1. The number of carbonyl (C=O) groups is 1. The van der Waals surface area contributed by atoms with Gasteiger partial charge in [0.25, 0.3) is 0 Å². The molecule has 162 valence electrons. The van der Waals surface area contributed by atoms with Crippen LogP contribution in [-0.4, -0.2) is 82.7 Å². The lowest BCUT2D eigenvalue weighted by Gasteiger charge is -2.43. The molecule has 1 aromatic heterocycles. The largest absolute Gasteiger partial charge is 0.391 e. The molecule has 2 aliphatic heterocycles. The van der Waals surface area contributed by atoms with E-state index in [9.17, 15) is 9.90 Å². The van der Waals surface area contributed by atoms with Crippen molar-refractivity contribution < 1.29 is 14.6 Å². The lowest BCUT2D eigenvalue weighted by atomic mass is 9.77. The minimum atomic E-state index is -0.288. The van der Waals surface area contributed by atoms with Gasteiger partial charge >= 0.3 is 0 Å². The van der Waals surface area contributed by atoms with E-state index in [0.717, 1.165) is 52.2 Å². The van der Waals surface area contributed by atoms with E-state index in [0.29, 0.717) is 17.6 Å². The maximum atomic E-state index is 13.0. The Morgan fingerprint density at radius 1 is 1.17 bits per heavy atom. The number of aryl methyl sites for hydroxylation is 1. The Balaban J connectivity index is 1.20. The minimum Gasteiger partial charge on any atom is -0.391 e. The van der Waals surface area contributed by atoms with E-state index < -0.39 is 0 Å². The highest BCUT2D eigenvalue weighted by molar-refractivity contribution is 8.00. The molecule has 0 spiro atoms. The molecule has 1 N–H and O–H groups in total. The van der Waals surface area contributed by atoms with Crippen molar-refractivity contribution in [2.45, 2.75) is 29.9 Å². The maximum absolute atomic E-state index is 13.0. The number of aliphatic hydroxyl groups excluding tert-OH is 1. The van der Waals surface area contributed by atoms with Gasteiger partial charge in [0.2, 0.25) is 5.91 Å². The highest BCUT2D eigenvalue weighted by Gasteiger charge is 2.44. The van der Waals surface area contributed by atoms with Gasteiger partial charge in [0.05, 0.1) is 25.1 Å². The van der Waals surface area contributed by atoms with Crippen molar-refractivity contribution >= 4 is 28.6 Å². The number of amides is 1. The molecule has 4 atom stereocenters. The molecule has 2 aromatic rings. The molecule has 30 heavy (non-hydrogen) atoms. The van der Waals surface area contributed by atoms with Crippen molar-refractivity contribution in [3.05, 3.63) is 30.5 Å². The summed E-state index contributed by atoms with van der Waals surface area (Å²) in [5.41, 5.74) is 1.20. The summed E-state index contributed by atoms with van der Waals surface area (Å²) >= 11 is 1.64. The first-order valence-electron chi connectivity index (χ1n) is 11.0. The summed E-state index contributed by atoms with van der Waals surface area (Å²) in [6.07, 6.45) is 3.64. The van der Waals surface area contributed by atoms with Crippen LogP contribution in [0.1, 0.15) is 12.8 Å². The summed E-state index contributed by atoms with van der Waals surface area (Å²) in [5.74, 6) is 1.64. The minimum absolute atomic E-state index is 0.218. The molecule has 1 aliphatic carbocycles. The Labute approximate surface area is 182 Å². The van der Waals surface area contributed by atoms with Crippen LogP contribution in [0.3, 0.4) is 0 Å². The van der Waals surface area contributed by atoms with Crippen LogP contribution in [0.4, 0.5) is 0 Å². The third kappa shape index (κ3) is 3.88. The quantitative estimate of drug-likeness (QED) is 0.756.